The summed E-state index contributed by atoms with van der Waals surface area (Å²) in [4.78, 5) is 10.8. The van der Waals surface area contributed by atoms with Crippen LogP contribution in [-0.4, -0.2) is 54.3 Å². The predicted octanol–water partition coefficient (Wildman–Crippen LogP) is 3.24. The summed E-state index contributed by atoms with van der Waals surface area (Å²) in [5, 5.41) is 7.27. The lowest BCUT2D eigenvalue weighted by molar-refractivity contribution is 0.0378. The monoisotopic (exact) mass is 396 g/mol. The van der Waals surface area contributed by atoms with Crippen LogP contribution in [-0.2, 0) is 4.74 Å². The third-order valence-corrected chi connectivity index (χ3v) is 4.95. The molecule has 0 aliphatic carbocycles. The molecule has 2 aromatic rings. The van der Waals surface area contributed by atoms with Crippen LogP contribution in [0.1, 0.15) is 6.42 Å². The molecule has 2 heterocycles. The van der Waals surface area contributed by atoms with Crippen molar-refractivity contribution in [2.24, 2.45) is 0 Å². The Morgan fingerprint density at radius 3 is 2.73 bits per heavy atom. The molecule has 26 heavy (non-hydrogen) atoms. The van der Waals surface area contributed by atoms with Crippen molar-refractivity contribution in [1.29, 1.82) is 0 Å². The second-order valence-electron chi connectivity index (χ2n) is 5.95. The fourth-order valence-corrected chi connectivity index (χ4v) is 3.05. The number of nitrogen functional groups attached to an aromatic ring is 1. The number of nitrogens with two attached hydrogens (primary N) is 1. The average molecular weight is 397 g/mol. The van der Waals surface area contributed by atoms with Gasteiger partial charge in [0.1, 0.15) is 12.0 Å². The molecule has 0 unspecified atom stereocenters. The van der Waals surface area contributed by atoms with E-state index in [0.717, 1.165) is 45.8 Å². The SMILES string of the molecule is Nc1c(NCCCN2CCOCC2)ncnc1Nc1cccc(Cl)c1Cl. The molecular weight excluding hydrogens is 375 g/mol. The zero-order chi connectivity index (χ0) is 18.4. The van der Waals surface area contributed by atoms with Gasteiger partial charge in [0, 0.05) is 19.6 Å². The maximum Gasteiger partial charge on any atom is 0.159 e. The van der Waals surface area contributed by atoms with E-state index in [2.05, 4.69) is 25.5 Å². The summed E-state index contributed by atoms with van der Waals surface area (Å²) in [7, 11) is 0. The third-order valence-electron chi connectivity index (χ3n) is 4.14. The third kappa shape index (κ3) is 4.88. The fraction of sp³-hybridized carbons (Fsp3) is 0.412. The van der Waals surface area contributed by atoms with Gasteiger partial charge in [0.15, 0.2) is 11.6 Å². The van der Waals surface area contributed by atoms with E-state index in [1.807, 2.05) is 6.07 Å². The number of rotatable bonds is 7. The number of ether oxygens (including phenoxy) is 1. The molecule has 3 rings (SSSR count). The van der Waals surface area contributed by atoms with Crippen molar-refractivity contribution in [3.63, 3.8) is 0 Å². The number of benzene rings is 1. The van der Waals surface area contributed by atoms with Crippen molar-refractivity contribution >= 4 is 46.2 Å². The normalized spacial score (nSPS) is 15.0. The Hall–Kier alpha value is -1.80. The minimum atomic E-state index is 0.423. The summed E-state index contributed by atoms with van der Waals surface area (Å²) >= 11 is 12.2. The predicted molar refractivity (Wildman–Crippen MR) is 107 cm³/mol. The Bertz CT molecular complexity index is 739. The first kappa shape index (κ1) is 19.0. The van der Waals surface area contributed by atoms with Crippen molar-refractivity contribution in [1.82, 2.24) is 14.9 Å². The lowest BCUT2D eigenvalue weighted by Gasteiger charge is -2.26. The molecule has 1 aliphatic rings. The molecule has 0 atom stereocenters. The summed E-state index contributed by atoms with van der Waals surface area (Å²) in [5.41, 5.74) is 7.27. The maximum atomic E-state index is 6.20. The van der Waals surface area contributed by atoms with Crippen molar-refractivity contribution in [3.8, 4) is 0 Å². The summed E-state index contributed by atoms with van der Waals surface area (Å²) in [6.45, 7) is 5.40. The van der Waals surface area contributed by atoms with Crippen molar-refractivity contribution < 1.29 is 4.74 Å². The van der Waals surface area contributed by atoms with Gasteiger partial charge in [0.05, 0.1) is 28.9 Å². The molecule has 140 valence electrons. The highest BCUT2D eigenvalue weighted by molar-refractivity contribution is 6.43. The number of nitrogens with one attached hydrogen (secondary N) is 2. The number of halogens is 2. The zero-order valence-corrected chi connectivity index (χ0v) is 15.9. The van der Waals surface area contributed by atoms with Crippen molar-refractivity contribution in [2.45, 2.75) is 6.42 Å². The summed E-state index contributed by atoms with van der Waals surface area (Å²) < 4.78 is 5.35. The first-order valence-electron chi connectivity index (χ1n) is 8.50. The zero-order valence-electron chi connectivity index (χ0n) is 14.3. The Balaban J connectivity index is 1.57. The van der Waals surface area contributed by atoms with Crippen molar-refractivity contribution in [3.05, 3.63) is 34.6 Å². The Labute approximate surface area is 162 Å². The smallest absolute Gasteiger partial charge is 0.159 e. The quantitative estimate of drug-likeness (QED) is 0.618. The number of hydrogen-bond acceptors (Lipinski definition) is 7. The van der Waals surface area contributed by atoms with Gasteiger partial charge in [-0.1, -0.05) is 29.3 Å². The van der Waals surface area contributed by atoms with Gasteiger partial charge >= 0.3 is 0 Å². The first-order valence-corrected chi connectivity index (χ1v) is 9.26. The van der Waals surface area contributed by atoms with Crippen LogP contribution < -0.4 is 16.4 Å². The molecule has 0 radical (unpaired) electrons. The van der Waals surface area contributed by atoms with Gasteiger partial charge in [-0.05, 0) is 25.1 Å². The standard InChI is InChI=1S/C17H22Cl2N6O/c18-12-3-1-4-13(14(12)19)24-17-15(20)16(22-11-23-17)21-5-2-6-25-7-9-26-10-8-25/h1,3-4,11H,2,5-10,20H2,(H2,21,22,23,24). The van der Waals surface area contributed by atoms with Crippen LogP contribution in [0.25, 0.3) is 0 Å². The van der Waals surface area contributed by atoms with Gasteiger partial charge in [0.2, 0.25) is 0 Å². The van der Waals surface area contributed by atoms with Gasteiger partial charge in [-0.15, -0.1) is 0 Å². The van der Waals surface area contributed by atoms with Gasteiger partial charge in [0.25, 0.3) is 0 Å². The lowest BCUT2D eigenvalue weighted by atomic mass is 10.3. The Morgan fingerprint density at radius 2 is 1.92 bits per heavy atom. The minimum Gasteiger partial charge on any atom is -0.393 e. The maximum absolute atomic E-state index is 6.20. The number of aromatic nitrogens is 2. The van der Waals surface area contributed by atoms with Crippen LogP contribution in [0.15, 0.2) is 24.5 Å². The molecule has 1 aliphatic heterocycles. The van der Waals surface area contributed by atoms with E-state index in [1.54, 1.807) is 12.1 Å². The summed E-state index contributed by atoms with van der Waals surface area (Å²) in [5.74, 6) is 1.09. The number of nitrogens with zero attached hydrogens (tertiary/aromatic N) is 3. The molecule has 0 amide bonds. The minimum absolute atomic E-state index is 0.423. The highest BCUT2D eigenvalue weighted by Gasteiger charge is 2.12. The van der Waals surface area contributed by atoms with Crippen LogP contribution in [0.4, 0.5) is 23.0 Å². The van der Waals surface area contributed by atoms with E-state index in [4.69, 9.17) is 33.7 Å². The molecule has 1 aromatic carbocycles. The van der Waals surface area contributed by atoms with E-state index in [-0.39, 0.29) is 0 Å². The van der Waals surface area contributed by atoms with Crippen LogP contribution in [0, 0.1) is 0 Å². The van der Waals surface area contributed by atoms with E-state index in [0.29, 0.717) is 33.1 Å². The second kappa shape index (κ2) is 9.23. The molecule has 0 bridgehead atoms. The topological polar surface area (TPSA) is 88.3 Å². The van der Waals surface area contributed by atoms with Gasteiger partial charge in [-0.25, -0.2) is 9.97 Å². The highest BCUT2D eigenvalue weighted by Crippen LogP contribution is 2.33. The van der Waals surface area contributed by atoms with Gasteiger partial charge < -0.3 is 21.1 Å². The molecule has 9 heteroatoms. The van der Waals surface area contributed by atoms with Gasteiger partial charge in [-0.2, -0.15) is 0 Å². The number of anilines is 4. The summed E-state index contributed by atoms with van der Waals surface area (Å²) in [6.07, 6.45) is 2.45. The van der Waals surface area contributed by atoms with Crippen LogP contribution >= 0.6 is 23.2 Å². The van der Waals surface area contributed by atoms with Crippen LogP contribution in [0.5, 0.6) is 0 Å². The molecular formula is C17H22Cl2N6O. The van der Waals surface area contributed by atoms with Crippen LogP contribution in [0.3, 0.4) is 0 Å². The molecule has 4 N–H and O–H groups in total. The Kier molecular flexibility index (Phi) is 6.73. The molecule has 1 aromatic heterocycles. The molecule has 7 nitrogen and oxygen atoms in total. The molecule has 0 saturated carbocycles. The van der Waals surface area contributed by atoms with E-state index < -0.39 is 0 Å². The first-order chi connectivity index (χ1) is 12.6. The molecule has 0 spiro atoms. The molecule has 1 saturated heterocycles. The lowest BCUT2D eigenvalue weighted by Crippen LogP contribution is -2.37. The van der Waals surface area contributed by atoms with Crippen LogP contribution in [0.2, 0.25) is 10.0 Å². The fourth-order valence-electron chi connectivity index (χ4n) is 2.70. The van der Waals surface area contributed by atoms with Gasteiger partial charge in [-0.3, -0.25) is 4.90 Å². The average Bonchev–Trinajstić information content (AvgIpc) is 2.66. The second-order valence-corrected chi connectivity index (χ2v) is 6.73. The van der Waals surface area contributed by atoms with Crippen molar-refractivity contribution in [2.75, 3.05) is 55.8 Å². The Morgan fingerprint density at radius 1 is 1.15 bits per heavy atom. The summed E-state index contributed by atoms with van der Waals surface area (Å²) in [6, 6.07) is 5.34. The van der Waals surface area contributed by atoms with E-state index >= 15 is 0 Å². The van der Waals surface area contributed by atoms with E-state index in [9.17, 15) is 0 Å². The number of morpholine rings is 1. The van der Waals surface area contributed by atoms with E-state index in [1.165, 1.54) is 6.33 Å². The number of hydrogen-bond donors (Lipinski definition) is 3. The highest BCUT2D eigenvalue weighted by atomic mass is 35.5. The molecule has 1 fully saturated rings. The largest absolute Gasteiger partial charge is 0.393 e.